The summed E-state index contributed by atoms with van der Waals surface area (Å²) in [7, 11) is -6.16. The number of carbonyl (C=O) groups is 1. The maximum Gasteiger partial charge on any atom is 0.534 e. The fraction of sp³-hybridized carbons (Fsp3) is 0.500. The molecule has 6 nitrogen and oxygen atoms in total. The number of hydrogen-bond acceptors (Lipinski definition) is 6. The van der Waals surface area contributed by atoms with Crippen LogP contribution in [0.4, 0.5) is 17.6 Å². The first-order valence-electron chi connectivity index (χ1n) is 10.1. The first kappa shape index (κ1) is 26.8. The van der Waals surface area contributed by atoms with E-state index in [-0.39, 0.29) is 40.5 Å². The number of hydrogen-bond donors (Lipinski definition) is 0. The van der Waals surface area contributed by atoms with Gasteiger partial charge in [-0.25, -0.2) is 9.18 Å². The van der Waals surface area contributed by atoms with Crippen molar-refractivity contribution in [2.24, 2.45) is 0 Å². The van der Waals surface area contributed by atoms with Crippen LogP contribution < -0.4 is 4.18 Å². The number of rotatable bonds is 7. The van der Waals surface area contributed by atoms with Gasteiger partial charge in [-0.1, -0.05) is 13.0 Å². The minimum atomic E-state index is -6.16. The van der Waals surface area contributed by atoms with E-state index in [4.69, 9.17) is 9.47 Å². The highest BCUT2D eigenvalue weighted by Gasteiger charge is 2.49. The second-order valence-electron chi connectivity index (χ2n) is 8.30. The van der Waals surface area contributed by atoms with E-state index >= 15 is 0 Å². The highest BCUT2D eigenvalue weighted by atomic mass is 32.2. The number of fused-ring (bicyclic) bond motifs is 1. The molecule has 0 saturated heterocycles. The van der Waals surface area contributed by atoms with Gasteiger partial charge < -0.3 is 13.7 Å². The molecular weight excluding hydrogens is 468 g/mol. The Labute approximate surface area is 189 Å². The largest absolute Gasteiger partial charge is 0.534 e. The molecule has 2 rings (SSSR count). The average molecular weight is 495 g/mol. The van der Waals surface area contributed by atoms with E-state index in [9.17, 15) is 30.8 Å². The highest BCUT2D eigenvalue weighted by molar-refractivity contribution is 7.88. The fourth-order valence-corrected chi connectivity index (χ4v) is 3.72. The third-order valence-corrected chi connectivity index (χ3v) is 5.55. The van der Waals surface area contributed by atoms with Crippen LogP contribution in [0.3, 0.4) is 0 Å². The predicted molar refractivity (Wildman–Crippen MR) is 114 cm³/mol. The van der Waals surface area contributed by atoms with Crippen molar-refractivity contribution in [3.8, 4) is 5.75 Å². The Balaban J connectivity index is 2.97. The number of carbonyl (C=O) groups excluding carboxylic acids is 1. The lowest BCUT2D eigenvalue weighted by Gasteiger charge is -2.29. The number of halogens is 4. The molecule has 0 aliphatic rings. The Morgan fingerprint density at radius 1 is 1.09 bits per heavy atom. The summed E-state index contributed by atoms with van der Waals surface area (Å²) in [6.45, 7) is 9.37. The zero-order valence-corrected chi connectivity index (χ0v) is 19.9. The maximum atomic E-state index is 14.6. The molecule has 33 heavy (non-hydrogen) atoms. The second kappa shape index (κ2) is 9.46. The van der Waals surface area contributed by atoms with E-state index in [1.54, 1.807) is 27.7 Å². The summed E-state index contributed by atoms with van der Waals surface area (Å²) in [5, 5.41) is -0.0230. The van der Waals surface area contributed by atoms with E-state index in [1.165, 1.54) is 26.0 Å². The van der Waals surface area contributed by atoms with Crippen molar-refractivity contribution in [3.05, 3.63) is 40.7 Å². The van der Waals surface area contributed by atoms with Gasteiger partial charge in [0.2, 0.25) is 0 Å². The number of aryl methyl sites for hydroxylation is 2. The molecule has 184 valence electrons. The Hall–Kier alpha value is -2.40. The van der Waals surface area contributed by atoms with Crippen LogP contribution in [-0.2, 0) is 30.8 Å². The van der Waals surface area contributed by atoms with E-state index < -0.39 is 44.9 Å². The molecule has 0 bridgehead atoms. The topological polar surface area (TPSA) is 78.9 Å². The molecule has 0 spiro atoms. The third kappa shape index (κ3) is 5.94. The molecule has 1 unspecified atom stereocenters. The summed E-state index contributed by atoms with van der Waals surface area (Å²) in [4.78, 5) is 12.7. The highest BCUT2D eigenvalue weighted by Crippen LogP contribution is 2.43. The van der Waals surface area contributed by atoms with E-state index in [0.29, 0.717) is 0 Å². The minimum Gasteiger partial charge on any atom is -0.464 e. The number of esters is 1. The van der Waals surface area contributed by atoms with Crippen LogP contribution in [0.2, 0.25) is 0 Å². The van der Waals surface area contributed by atoms with Gasteiger partial charge in [-0.2, -0.15) is 21.6 Å². The van der Waals surface area contributed by atoms with Crippen LogP contribution in [0, 0.1) is 12.7 Å². The molecule has 11 heteroatoms. The molecule has 0 saturated carbocycles. The molecule has 2 aromatic rings. The standard InChI is InChI=1S/C22H26F4O6S/c1-7-13-10-14-9-12(3)17(19(20(27)30-8-2)31-21(4,5)6)18(15(14)11-16(13)23)32-33(28,29)22(24,25)26/h9-11,19H,7-8H2,1-6H3. The summed E-state index contributed by atoms with van der Waals surface area (Å²) in [5.74, 6) is -2.57. The van der Waals surface area contributed by atoms with Crippen LogP contribution >= 0.6 is 0 Å². The Kier molecular flexibility index (Phi) is 7.69. The van der Waals surface area contributed by atoms with Gasteiger partial charge >= 0.3 is 21.6 Å². The van der Waals surface area contributed by atoms with Gasteiger partial charge in [0.15, 0.2) is 11.9 Å². The monoisotopic (exact) mass is 494 g/mol. The molecule has 0 radical (unpaired) electrons. The molecule has 0 aromatic heterocycles. The molecule has 1 atom stereocenters. The van der Waals surface area contributed by atoms with Crippen molar-refractivity contribution >= 4 is 26.9 Å². The zero-order valence-electron chi connectivity index (χ0n) is 19.1. The molecule has 0 N–H and O–H groups in total. The zero-order chi connectivity index (χ0) is 25.4. The first-order chi connectivity index (χ1) is 15.0. The van der Waals surface area contributed by atoms with Gasteiger partial charge in [0, 0.05) is 10.9 Å². The molecule has 0 aliphatic heterocycles. The van der Waals surface area contributed by atoms with Crippen LogP contribution in [0.25, 0.3) is 10.8 Å². The van der Waals surface area contributed by atoms with Gasteiger partial charge in [0.05, 0.1) is 12.2 Å². The van der Waals surface area contributed by atoms with Crippen molar-refractivity contribution in [2.45, 2.75) is 65.2 Å². The smallest absolute Gasteiger partial charge is 0.464 e. The molecule has 0 amide bonds. The molecular formula is C22H26F4O6S. The molecule has 0 fully saturated rings. The minimum absolute atomic E-state index is 0.0685. The number of ether oxygens (including phenoxy) is 2. The van der Waals surface area contributed by atoms with Gasteiger partial charge in [-0.15, -0.1) is 0 Å². The van der Waals surface area contributed by atoms with Gasteiger partial charge in [0.25, 0.3) is 0 Å². The van der Waals surface area contributed by atoms with Gasteiger partial charge in [0.1, 0.15) is 5.82 Å². The normalized spacial score (nSPS) is 13.8. The van der Waals surface area contributed by atoms with Crippen LogP contribution in [0.5, 0.6) is 5.75 Å². The average Bonchev–Trinajstić information content (AvgIpc) is 2.65. The summed E-state index contributed by atoms with van der Waals surface area (Å²) in [6.07, 6.45) is -1.35. The van der Waals surface area contributed by atoms with Crippen LogP contribution in [0.1, 0.15) is 57.4 Å². The van der Waals surface area contributed by atoms with Gasteiger partial charge in [-0.3, -0.25) is 0 Å². The maximum absolute atomic E-state index is 14.6. The van der Waals surface area contributed by atoms with Crippen molar-refractivity contribution in [2.75, 3.05) is 6.61 Å². The van der Waals surface area contributed by atoms with Crippen LogP contribution in [-0.4, -0.2) is 32.1 Å². The summed E-state index contributed by atoms with van der Waals surface area (Å²) in [5.41, 5.74) is -6.58. The molecule has 2 aromatic carbocycles. The Morgan fingerprint density at radius 3 is 2.18 bits per heavy atom. The van der Waals surface area contributed by atoms with Crippen molar-refractivity contribution < 1.29 is 44.4 Å². The third-order valence-electron chi connectivity index (χ3n) is 4.60. The number of benzene rings is 2. The second-order valence-corrected chi connectivity index (χ2v) is 9.84. The van der Waals surface area contributed by atoms with Crippen molar-refractivity contribution in [1.29, 1.82) is 0 Å². The summed E-state index contributed by atoms with van der Waals surface area (Å²) in [6, 6.07) is 3.77. The first-order valence-corrected chi connectivity index (χ1v) is 11.5. The van der Waals surface area contributed by atoms with Crippen LogP contribution in [0.15, 0.2) is 18.2 Å². The van der Waals surface area contributed by atoms with Gasteiger partial charge in [-0.05, 0) is 69.7 Å². The summed E-state index contributed by atoms with van der Waals surface area (Å²) < 4.78 is 93.4. The summed E-state index contributed by atoms with van der Waals surface area (Å²) >= 11 is 0. The quantitative estimate of drug-likeness (QED) is 0.219. The number of alkyl halides is 3. The predicted octanol–water partition coefficient (Wildman–Crippen LogP) is 5.50. The SMILES string of the molecule is CCOC(=O)C(OC(C)(C)C)c1c(C)cc2cc(CC)c(F)cc2c1OS(=O)(=O)C(F)(F)F. The molecule has 0 heterocycles. The Morgan fingerprint density at radius 2 is 1.70 bits per heavy atom. The molecule has 0 aliphatic carbocycles. The van der Waals surface area contributed by atoms with Crippen molar-refractivity contribution in [3.63, 3.8) is 0 Å². The lowest BCUT2D eigenvalue weighted by Crippen LogP contribution is -2.31. The van der Waals surface area contributed by atoms with E-state index in [2.05, 4.69) is 4.18 Å². The lowest BCUT2D eigenvalue weighted by molar-refractivity contribution is -0.167. The lowest BCUT2D eigenvalue weighted by atomic mass is 9.94. The fourth-order valence-electron chi connectivity index (χ4n) is 3.23. The van der Waals surface area contributed by atoms with E-state index in [1.807, 2.05) is 0 Å². The van der Waals surface area contributed by atoms with Crippen molar-refractivity contribution in [1.82, 2.24) is 0 Å². The van der Waals surface area contributed by atoms with E-state index in [0.717, 1.165) is 6.07 Å². The Bertz CT molecular complexity index is 1150.